The number of hydrogen-bond donors (Lipinski definition) is 1. The van der Waals surface area contributed by atoms with Crippen LogP contribution in [0.4, 0.5) is 0 Å². The fraction of sp³-hybridized carbons (Fsp3) is 0.588. The van der Waals surface area contributed by atoms with Crippen LogP contribution in [0.15, 0.2) is 24.3 Å². The molecule has 3 rings (SSSR count). The summed E-state index contributed by atoms with van der Waals surface area (Å²) < 4.78 is 0. The van der Waals surface area contributed by atoms with Gasteiger partial charge in [-0.25, -0.2) is 0 Å². The van der Waals surface area contributed by atoms with Crippen molar-refractivity contribution in [2.24, 2.45) is 5.92 Å². The third-order valence-corrected chi connectivity index (χ3v) is 4.76. The van der Waals surface area contributed by atoms with E-state index in [9.17, 15) is 4.79 Å². The summed E-state index contributed by atoms with van der Waals surface area (Å²) >= 11 is 0. The number of amides is 1. The number of rotatable bonds is 3. The first-order chi connectivity index (χ1) is 9.79. The van der Waals surface area contributed by atoms with E-state index in [2.05, 4.69) is 34.5 Å². The van der Waals surface area contributed by atoms with Crippen LogP contribution in [0, 0.1) is 5.92 Å². The van der Waals surface area contributed by atoms with Gasteiger partial charge in [0.2, 0.25) is 5.91 Å². The third-order valence-electron chi connectivity index (χ3n) is 4.76. The van der Waals surface area contributed by atoms with Crippen molar-refractivity contribution in [2.45, 2.75) is 31.6 Å². The van der Waals surface area contributed by atoms with Gasteiger partial charge in [0.25, 0.3) is 0 Å². The molecule has 1 fully saturated rings. The molecule has 4 heteroatoms. The van der Waals surface area contributed by atoms with Gasteiger partial charge in [0.15, 0.2) is 0 Å². The summed E-state index contributed by atoms with van der Waals surface area (Å²) in [7, 11) is 1.99. The number of fused-ring (bicyclic) bond motifs is 1. The summed E-state index contributed by atoms with van der Waals surface area (Å²) in [4.78, 5) is 14.9. The molecule has 21 heavy (non-hydrogen) atoms. The van der Waals surface area contributed by atoms with E-state index in [1.807, 2.05) is 7.05 Å². The van der Waals surface area contributed by atoms with Gasteiger partial charge >= 0.3 is 0 Å². The SMILES string of the molecule is CNCC1CCN(C(=O)C2CCCc3ccccc32)C1.Cl. The van der Waals surface area contributed by atoms with E-state index in [4.69, 9.17) is 0 Å². The van der Waals surface area contributed by atoms with E-state index < -0.39 is 0 Å². The van der Waals surface area contributed by atoms with Gasteiger partial charge in [-0.3, -0.25) is 4.79 Å². The predicted molar refractivity (Wildman–Crippen MR) is 88.0 cm³/mol. The summed E-state index contributed by atoms with van der Waals surface area (Å²) in [5.41, 5.74) is 2.66. The Morgan fingerprint density at radius 3 is 2.95 bits per heavy atom. The zero-order valence-corrected chi connectivity index (χ0v) is 13.5. The lowest BCUT2D eigenvalue weighted by atomic mass is 9.82. The standard InChI is InChI=1S/C17H24N2O.ClH/c1-18-11-13-9-10-19(12-13)17(20)16-8-4-6-14-5-2-3-7-15(14)16;/h2-3,5,7,13,16,18H,4,6,8-12H2,1H3;1H. The molecule has 1 amide bonds. The molecule has 1 heterocycles. The largest absolute Gasteiger partial charge is 0.342 e. The maximum atomic E-state index is 12.8. The Hall–Kier alpha value is -1.06. The lowest BCUT2D eigenvalue weighted by molar-refractivity contribution is -0.132. The fourth-order valence-corrected chi connectivity index (χ4v) is 3.72. The summed E-state index contributed by atoms with van der Waals surface area (Å²) in [5, 5.41) is 3.23. The van der Waals surface area contributed by atoms with E-state index >= 15 is 0 Å². The van der Waals surface area contributed by atoms with Crippen LogP contribution >= 0.6 is 12.4 Å². The van der Waals surface area contributed by atoms with Crippen LogP contribution in [0.1, 0.15) is 36.3 Å². The molecule has 2 aliphatic rings. The van der Waals surface area contributed by atoms with Gasteiger partial charge in [0, 0.05) is 13.1 Å². The summed E-state index contributed by atoms with van der Waals surface area (Å²) in [5.74, 6) is 1.09. The average molecular weight is 309 g/mol. The number of likely N-dealkylation sites (tertiary alicyclic amines) is 1. The Morgan fingerprint density at radius 2 is 2.14 bits per heavy atom. The second-order valence-corrected chi connectivity index (χ2v) is 6.14. The van der Waals surface area contributed by atoms with Crippen molar-refractivity contribution in [3.8, 4) is 0 Å². The zero-order chi connectivity index (χ0) is 13.9. The lowest BCUT2D eigenvalue weighted by Gasteiger charge is -2.28. The molecule has 0 radical (unpaired) electrons. The lowest BCUT2D eigenvalue weighted by Crippen LogP contribution is -2.35. The molecular weight excluding hydrogens is 284 g/mol. The van der Waals surface area contributed by atoms with Crippen LogP contribution in [-0.2, 0) is 11.2 Å². The molecular formula is C17H25ClN2O. The van der Waals surface area contributed by atoms with Gasteiger partial charge in [-0.05, 0) is 56.3 Å². The molecule has 0 bridgehead atoms. The van der Waals surface area contributed by atoms with Gasteiger partial charge in [-0.1, -0.05) is 24.3 Å². The van der Waals surface area contributed by atoms with Crippen LogP contribution in [0.25, 0.3) is 0 Å². The Labute approximate surface area is 133 Å². The maximum Gasteiger partial charge on any atom is 0.230 e. The molecule has 2 unspecified atom stereocenters. The number of carbonyl (C=O) groups is 1. The molecule has 1 aliphatic heterocycles. The van der Waals surface area contributed by atoms with Gasteiger partial charge in [-0.2, -0.15) is 0 Å². The van der Waals surface area contributed by atoms with Crippen LogP contribution in [0.5, 0.6) is 0 Å². The minimum absolute atomic E-state index is 0. The van der Waals surface area contributed by atoms with E-state index in [0.29, 0.717) is 11.8 Å². The number of benzene rings is 1. The molecule has 116 valence electrons. The third kappa shape index (κ3) is 3.41. The Kier molecular flexibility index (Phi) is 5.65. The van der Waals surface area contributed by atoms with Crippen LogP contribution in [0.2, 0.25) is 0 Å². The van der Waals surface area contributed by atoms with Crippen molar-refractivity contribution in [3.05, 3.63) is 35.4 Å². The van der Waals surface area contributed by atoms with Gasteiger partial charge < -0.3 is 10.2 Å². The molecule has 1 N–H and O–H groups in total. The summed E-state index contributed by atoms with van der Waals surface area (Å²) in [6.45, 7) is 2.88. The fourth-order valence-electron chi connectivity index (χ4n) is 3.72. The summed E-state index contributed by atoms with van der Waals surface area (Å²) in [6.07, 6.45) is 4.42. The number of carbonyl (C=O) groups excluding carboxylic acids is 1. The number of nitrogens with one attached hydrogen (secondary N) is 1. The monoisotopic (exact) mass is 308 g/mol. The van der Waals surface area contributed by atoms with Gasteiger partial charge in [0.05, 0.1) is 5.92 Å². The molecule has 0 saturated carbocycles. The number of nitrogens with zero attached hydrogens (tertiary/aromatic N) is 1. The van der Waals surface area contributed by atoms with Crippen molar-refractivity contribution in [1.82, 2.24) is 10.2 Å². The molecule has 3 nitrogen and oxygen atoms in total. The van der Waals surface area contributed by atoms with Crippen LogP contribution in [-0.4, -0.2) is 37.5 Å². The van der Waals surface area contributed by atoms with E-state index in [1.165, 1.54) is 11.1 Å². The van der Waals surface area contributed by atoms with Crippen molar-refractivity contribution in [2.75, 3.05) is 26.7 Å². The highest BCUT2D eigenvalue weighted by Gasteiger charge is 2.33. The first-order valence-electron chi connectivity index (χ1n) is 7.80. The first kappa shape index (κ1) is 16.3. The van der Waals surface area contributed by atoms with Gasteiger partial charge in [0.1, 0.15) is 0 Å². The zero-order valence-electron chi connectivity index (χ0n) is 12.7. The maximum absolute atomic E-state index is 12.8. The van der Waals surface area contributed by atoms with E-state index in [-0.39, 0.29) is 18.3 Å². The minimum Gasteiger partial charge on any atom is -0.342 e. The van der Waals surface area contributed by atoms with Crippen molar-refractivity contribution >= 4 is 18.3 Å². The van der Waals surface area contributed by atoms with Crippen molar-refractivity contribution < 1.29 is 4.79 Å². The number of hydrogen-bond acceptors (Lipinski definition) is 2. The molecule has 1 aromatic carbocycles. The highest BCUT2D eigenvalue weighted by molar-refractivity contribution is 5.85. The molecule has 1 saturated heterocycles. The quantitative estimate of drug-likeness (QED) is 0.931. The second-order valence-electron chi connectivity index (χ2n) is 6.14. The van der Waals surface area contributed by atoms with Crippen LogP contribution in [0.3, 0.4) is 0 Å². The smallest absolute Gasteiger partial charge is 0.230 e. The normalized spacial score (nSPS) is 24.3. The minimum atomic E-state index is 0. The highest BCUT2D eigenvalue weighted by Crippen LogP contribution is 2.34. The summed E-state index contributed by atoms with van der Waals surface area (Å²) in [6, 6.07) is 8.49. The molecule has 0 aromatic heterocycles. The Morgan fingerprint density at radius 1 is 1.33 bits per heavy atom. The molecule has 1 aromatic rings. The Bertz CT molecular complexity index is 491. The number of aryl methyl sites for hydroxylation is 1. The predicted octanol–water partition coefficient (Wildman–Crippen LogP) is 2.60. The van der Waals surface area contributed by atoms with Crippen molar-refractivity contribution in [1.29, 1.82) is 0 Å². The number of halogens is 1. The van der Waals surface area contributed by atoms with Gasteiger partial charge in [-0.15, -0.1) is 12.4 Å². The van der Waals surface area contributed by atoms with Crippen molar-refractivity contribution in [3.63, 3.8) is 0 Å². The highest BCUT2D eigenvalue weighted by atomic mass is 35.5. The second kappa shape index (κ2) is 7.28. The van der Waals surface area contributed by atoms with E-state index in [0.717, 1.165) is 45.3 Å². The Balaban J connectivity index is 0.00000161. The molecule has 1 aliphatic carbocycles. The average Bonchev–Trinajstić information content (AvgIpc) is 2.95. The van der Waals surface area contributed by atoms with Crippen LogP contribution < -0.4 is 5.32 Å². The molecule has 2 atom stereocenters. The van der Waals surface area contributed by atoms with E-state index in [1.54, 1.807) is 0 Å². The topological polar surface area (TPSA) is 32.3 Å². The molecule has 0 spiro atoms. The first-order valence-corrected chi connectivity index (χ1v) is 7.80.